The SMILES string of the molecule is CCN(CC(N)=O)c1c(F)cccc1CNCC(C)C. The summed E-state index contributed by atoms with van der Waals surface area (Å²) in [6.45, 7) is 8.09. The monoisotopic (exact) mass is 281 g/mol. The first kappa shape index (κ1) is 16.4. The van der Waals surface area contributed by atoms with Gasteiger partial charge in [0.25, 0.3) is 0 Å². The molecule has 0 aliphatic rings. The Hall–Kier alpha value is -1.62. The van der Waals surface area contributed by atoms with Gasteiger partial charge in [-0.1, -0.05) is 26.0 Å². The molecule has 3 N–H and O–H groups in total. The lowest BCUT2D eigenvalue weighted by atomic mass is 10.1. The maximum Gasteiger partial charge on any atom is 0.236 e. The van der Waals surface area contributed by atoms with Gasteiger partial charge >= 0.3 is 0 Å². The van der Waals surface area contributed by atoms with Crippen molar-refractivity contribution in [2.24, 2.45) is 11.7 Å². The highest BCUT2D eigenvalue weighted by atomic mass is 19.1. The molecule has 0 fully saturated rings. The highest BCUT2D eigenvalue weighted by Gasteiger charge is 2.16. The number of halogens is 1. The van der Waals surface area contributed by atoms with Crippen molar-refractivity contribution in [3.63, 3.8) is 0 Å². The molecule has 1 aromatic rings. The van der Waals surface area contributed by atoms with Crippen LogP contribution in [0.1, 0.15) is 26.3 Å². The predicted molar refractivity (Wildman–Crippen MR) is 80.0 cm³/mol. The topological polar surface area (TPSA) is 58.4 Å². The Labute approximate surface area is 120 Å². The lowest BCUT2D eigenvalue weighted by molar-refractivity contribution is -0.116. The second-order valence-corrected chi connectivity index (χ2v) is 5.25. The van der Waals surface area contributed by atoms with Gasteiger partial charge in [-0.15, -0.1) is 0 Å². The first-order valence-corrected chi connectivity index (χ1v) is 6.97. The number of nitrogens with two attached hydrogens (primary N) is 1. The fourth-order valence-corrected chi connectivity index (χ4v) is 2.09. The van der Waals surface area contributed by atoms with Crippen LogP contribution in [-0.4, -0.2) is 25.5 Å². The van der Waals surface area contributed by atoms with E-state index in [0.29, 0.717) is 24.7 Å². The summed E-state index contributed by atoms with van der Waals surface area (Å²) in [5.74, 6) is -0.256. The van der Waals surface area contributed by atoms with E-state index in [1.807, 2.05) is 13.0 Å². The maximum absolute atomic E-state index is 14.1. The van der Waals surface area contributed by atoms with Crippen molar-refractivity contribution < 1.29 is 9.18 Å². The Morgan fingerprint density at radius 2 is 2.15 bits per heavy atom. The fraction of sp³-hybridized carbons (Fsp3) is 0.533. The van der Waals surface area contributed by atoms with Crippen LogP contribution < -0.4 is 16.0 Å². The molecule has 1 aromatic carbocycles. The first-order chi connectivity index (χ1) is 9.45. The van der Waals surface area contributed by atoms with Gasteiger partial charge < -0.3 is 16.0 Å². The Morgan fingerprint density at radius 3 is 2.70 bits per heavy atom. The number of hydrogen-bond donors (Lipinski definition) is 2. The van der Waals surface area contributed by atoms with Gasteiger partial charge in [0.15, 0.2) is 0 Å². The van der Waals surface area contributed by atoms with Crippen LogP contribution in [0.5, 0.6) is 0 Å². The third kappa shape index (κ3) is 4.81. The number of hydrogen-bond acceptors (Lipinski definition) is 3. The summed E-state index contributed by atoms with van der Waals surface area (Å²) in [4.78, 5) is 12.8. The fourth-order valence-electron chi connectivity index (χ4n) is 2.09. The lowest BCUT2D eigenvalue weighted by Crippen LogP contribution is -2.35. The van der Waals surface area contributed by atoms with Crippen LogP contribution in [0.2, 0.25) is 0 Å². The molecule has 20 heavy (non-hydrogen) atoms. The zero-order chi connectivity index (χ0) is 15.1. The Bertz CT molecular complexity index is 449. The van der Waals surface area contributed by atoms with E-state index in [2.05, 4.69) is 19.2 Å². The number of para-hydroxylation sites is 1. The van der Waals surface area contributed by atoms with Crippen molar-refractivity contribution in [3.8, 4) is 0 Å². The summed E-state index contributed by atoms with van der Waals surface area (Å²) < 4.78 is 14.1. The Balaban J connectivity index is 2.94. The molecule has 0 aliphatic heterocycles. The molecule has 0 bridgehead atoms. The van der Waals surface area contributed by atoms with Gasteiger partial charge in [-0.3, -0.25) is 4.79 Å². The zero-order valence-corrected chi connectivity index (χ0v) is 12.4. The number of anilines is 1. The van der Waals surface area contributed by atoms with Gasteiger partial charge in [0, 0.05) is 13.1 Å². The van der Waals surface area contributed by atoms with Crippen LogP contribution >= 0.6 is 0 Å². The highest BCUT2D eigenvalue weighted by Crippen LogP contribution is 2.24. The van der Waals surface area contributed by atoms with Crippen LogP contribution in [0.4, 0.5) is 10.1 Å². The lowest BCUT2D eigenvalue weighted by Gasteiger charge is -2.25. The molecule has 0 atom stereocenters. The number of rotatable bonds is 8. The average molecular weight is 281 g/mol. The number of nitrogens with one attached hydrogen (secondary N) is 1. The minimum absolute atomic E-state index is 0.0224. The number of primary amides is 1. The van der Waals surface area contributed by atoms with E-state index in [1.165, 1.54) is 6.07 Å². The number of carbonyl (C=O) groups is 1. The van der Waals surface area contributed by atoms with E-state index >= 15 is 0 Å². The molecule has 0 radical (unpaired) electrons. The van der Waals surface area contributed by atoms with Crippen molar-refractivity contribution in [2.45, 2.75) is 27.3 Å². The second-order valence-electron chi connectivity index (χ2n) is 5.25. The number of benzene rings is 1. The Morgan fingerprint density at radius 1 is 1.45 bits per heavy atom. The molecule has 0 saturated heterocycles. The molecule has 1 rings (SSSR count). The summed E-state index contributed by atoms with van der Waals surface area (Å²) in [5.41, 5.74) is 6.53. The summed E-state index contributed by atoms with van der Waals surface area (Å²) in [7, 11) is 0. The van der Waals surface area contributed by atoms with Gasteiger partial charge in [0.05, 0.1) is 12.2 Å². The van der Waals surface area contributed by atoms with Gasteiger partial charge in [0.1, 0.15) is 5.82 Å². The molecule has 0 heterocycles. The second kappa shape index (κ2) is 7.85. The quantitative estimate of drug-likeness (QED) is 0.765. The first-order valence-electron chi connectivity index (χ1n) is 6.97. The van der Waals surface area contributed by atoms with Crippen LogP contribution in [0.3, 0.4) is 0 Å². The van der Waals surface area contributed by atoms with Gasteiger partial charge in [-0.05, 0) is 31.0 Å². The van der Waals surface area contributed by atoms with Crippen LogP contribution in [0, 0.1) is 11.7 Å². The average Bonchev–Trinajstić information content (AvgIpc) is 2.36. The van der Waals surface area contributed by atoms with Crippen molar-refractivity contribution >= 4 is 11.6 Å². The summed E-state index contributed by atoms with van der Waals surface area (Å²) in [6.07, 6.45) is 0. The molecule has 4 nitrogen and oxygen atoms in total. The molecule has 5 heteroatoms. The smallest absolute Gasteiger partial charge is 0.236 e. The van der Waals surface area contributed by atoms with Crippen LogP contribution in [0.25, 0.3) is 0 Å². The molecule has 112 valence electrons. The van der Waals surface area contributed by atoms with E-state index < -0.39 is 5.91 Å². The zero-order valence-electron chi connectivity index (χ0n) is 12.4. The molecular weight excluding hydrogens is 257 g/mol. The summed E-state index contributed by atoms with van der Waals surface area (Å²) >= 11 is 0. The highest BCUT2D eigenvalue weighted by molar-refractivity contribution is 5.80. The summed E-state index contributed by atoms with van der Waals surface area (Å²) in [5, 5.41) is 3.29. The van der Waals surface area contributed by atoms with E-state index in [9.17, 15) is 9.18 Å². The van der Waals surface area contributed by atoms with Crippen molar-refractivity contribution in [1.29, 1.82) is 0 Å². The maximum atomic E-state index is 14.1. The third-order valence-corrected chi connectivity index (χ3v) is 2.98. The molecule has 1 amide bonds. The van der Waals surface area contributed by atoms with E-state index in [0.717, 1.165) is 12.1 Å². The van der Waals surface area contributed by atoms with E-state index in [4.69, 9.17) is 5.73 Å². The van der Waals surface area contributed by atoms with Gasteiger partial charge in [0.2, 0.25) is 5.91 Å². The molecule has 0 unspecified atom stereocenters. The summed E-state index contributed by atoms with van der Waals surface area (Å²) in [6, 6.07) is 4.96. The van der Waals surface area contributed by atoms with E-state index in [-0.39, 0.29) is 12.4 Å². The van der Waals surface area contributed by atoms with Gasteiger partial charge in [-0.2, -0.15) is 0 Å². The Kier molecular flexibility index (Phi) is 6.45. The third-order valence-electron chi connectivity index (χ3n) is 2.98. The minimum atomic E-state index is -0.462. The molecule has 0 spiro atoms. The number of nitrogens with zero attached hydrogens (tertiary/aromatic N) is 1. The van der Waals surface area contributed by atoms with E-state index in [1.54, 1.807) is 11.0 Å². The molecule has 0 aliphatic carbocycles. The molecule has 0 aromatic heterocycles. The van der Waals surface area contributed by atoms with Gasteiger partial charge in [-0.25, -0.2) is 4.39 Å². The largest absolute Gasteiger partial charge is 0.368 e. The molecule has 0 saturated carbocycles. The number of amides is 1. The van der Waals surface area contributed by atoms with Crippen LogP contribution in [0.15, 0.2) is 18.2 Å². The van der Waals surface area contributed by atoms with Crippen molar-refractivity contribution in [3.05, 3.63) is 29.6 Å². The van der Waals surface area contributed by atoms with Crippen molar-refractivity contribution in [1.82, 2.24) is 5.32 Å². The normalized spacial score (nSPS) is 10.8. The minimum Gasteiger partial charge on any atom is -0.368 e. The number of carbonyl (C=O) groups excluding carboxylic acids is 1. The molecular formula is C15H24FN3O. The van der Waals surface area contributed by atoms with Crippen LogP contribution in [-0.2, 0) is 11.3 Å². The number of likely N-dealkylation sites (N-methyl/N-ethyl adjacent to an activating group) is 1. The van der Waals surface area contributed by atoms with Crippen molar-refractivity contribution in [2.75, 3.05) is 24.5 Å². The standard InChI is InChI=1S/C15H24FN3O/c1-4-19(10-14(17)20)15-12(6-5-7-13(15)16)9-18-8-11(2)3/h5-7,11,18H,4,8-10H2,1-3H3,(H2,17,20). The predicted octanol–water partition coefficient (Wildman–Crippen LogP) is 1.88.